The van der Waals surface area contributed by atoms with Crippen LogP contribution in [0, 0.1) is 13.8 Å². The standard InChI is InChI=1S/C15H17NO4S/c1-4-7-20-15(18)12-9(2)10(3)21-14(12)16-13(17)11-6-5-8-19-11/h5-6,8H,4,7H2,1-3H3,(H,16,17). The minimum absolute atomic E-state index is 0.201. The van der Waals surface area contributed by atoms with E-state index in [1.807, 2.05) is 20.8 Å². The van der Waals surface area contributed by atoms with Gasteiger partial charge in [-0.2, -0.15) is 0 Å². The van der Waals surface area contributed by atoms with Crippen LogP contribution < -0.4 is 5.32 Å². The Labute approximate surface area is 126 Å². The molecule has 2 heterocycles. The summed E-state index contributed by atoms with van der Waals surface area (Å²) in [5.74, 6) is -0.592. The highest BCUT2D eigenvalue weighted by Gasteiger charge is 2.23. The van der Waals surface area contributed by atoms with Crippen molar-refractivity contribution in [2.75, 3.05) is 11.9 Å². The van der Waals surface area contributed by atoms with E-state index in [9.17, 15) is 9.59 Å². The van der Waals surface area contributed by atoms with E-state index in [4.69, 9.17) is 9.15 Å². The van der Waals surface area contributed by atoms with Crippen molar-refractivity contribution in [2.45, 2.75) is 27.2 Å². The maximum Gasteiger partial charge on any atom is 0.341 e. The topological polar surface area (TPSA) is 68.5 Å². The first-order valence-electron chi connectivity index (χ1n) is 6.66. The number of amides is 1. The van der Waals surface area contributed by atoms with Gasteiger partial charge in [0.2, 0.25) is 0 Å². The van der Waals surface area contributed by atoms with Crippen molar-refractivity contribution in [2.24, 2.45) is 0 Å². The van der Waals surface area contributed by atoms with E-state index < -0.39 is 5.97 Å². The molecule has 2 aromatic rings. The highest BCUT2D eigenvalue weighted by molar-refractivity contribution is 7.16. The van der Waals surface area contributed by atoms with Crippen LogP contribution in [0.1, 0.15) is 44.7 Å². The maximum atomic E-state index is 12.1. The van der Waals surface area contributed by atoms with Crippen LogP contribution in [0.4, 0.5) is 5.00 Å². The zero-order chi connectivity index (χ0) is 15.4. The molecule has 2 aromatic heterocycles. The number of rotatable bonds is 5. The molecule has 0 saturated carbocycles. The first kappa shape index (κ1) is 15.3. The second kappa shape index (κ2) is 6.58. The smallest absolute Gasteiger partial charge is 0.341 e. The van der Waals surface area contributed by atoms with Gasteiger partial charge < -0.3 is 14.5 Å². The summed E-state index contributed by atoms with van der Waals surface area (Å²) in [7, 11) is 0. The summed E-state index contributed by atoms with van der Waals surface area (Å²) < 4.78 is 10.2. The van der Waals surface area contributed by atoms with Gasteiger partial charge >= 0.3 is 5.97 Å². The number of carbonyl (C=O) groups excluding carboxylic acids is 2. The Morgan fingerprint density at radius 1 is 1.38 bits per heavy atom. The SMILES string of the molecule is CCCOC(=O)c1c(NC(=O)c2ccco2)sc(C)c1C. The molecule has 21 heavy (non-hydrogen) atoms. The molecule has 0 atom stereocenters. The Hall–Kier alpha value is -2.08. The molecule has 0 aromatic carbocycles. The van der Waals surface area contributed by atoms with E-state index in [0.717, 1.165) is 16.9 Å². The van der Waals surface area contributed by atoms with Gasteiger partial charge in [-0.05, 0) is 38.0 Å². The zero-order valence-electron chi connectivity index (χ0n) is 12.2. The van der Waals surface area contributed by atoms with Gasteiger partial charge in [0, 0.05) is 4.88 Å². The summed E-state index contributed by atoms with van der Waals surface area (Å²) in [5.41, 5.74) is 1.25. The monoisotopic (exact) mass is 307 g/mol. The molecule has 0 aliphatic rings. The highest BCUT2D eigenvalue weighted by Crippen LogP contribution is 2.33. The quantitative estimate of drug-likeness (QED) is 0.854. The van der Waals surface area contributed by atoms with E-state index in [1.54, 1.807) is 12.1 Å². The lowest BCUT2D eigenvalue weighted by molar-refractivity contribution is 0.0506. The number of anilines is 1. The molecule has 0 radical (unpaired) electrons. The molecule has 0 bridgehead atoms. The van der Waals surface area contributed by atoms with Crippen molar-refractivity contribution < 1.29 is 18.7 Å². The predicted molar refractivity (Wildman–Crippen MR) is 81.0 cm³/mol. The number of hydrogen-bond donors (Lipinski definition) is 1. The van der Waals surface area contributed by atoms with E-state index in [-0.39, 0.29) is 11.7 Å². The Morgan fingerprint density at radius 3 is 2.76 bits per heavy atom. The van der Waals surface area contributed by atoms with Crippen molar-refractivity contribution in [3.63, 3.8) is 0 Å². The Kier molecular flexibility index (Phi) is 4.80. The van der Waals surface area contributed by atoms with Crippen LogP contribution in [0.25, 0.3) is 0 Å². The molecule has 0 saturated heterocycles. The van der Waals surface area contributed by atoms with E-state index in [2.05, 4.69) is 5.32 Å². The molecule has 0 aliphatic heterocycles. The number of hydrogen-bond acceptors (Lipinski definition) is 5. The van der Waals surface area contributed by atoms with Crippen molar-refractivity contribution in [1.29, 1.82) is 0 Å². The van der Waals surface area contributed by atoms with Crippen LogP contribution in [0.2, 0.25) is 0 Å². The minimum atomic E-state index is -0.409. The zero-order valence-corrected chi connectivity index (χ0v) is 13.0. The summed E-state index contributed by atoms with van der Waals surface area (Å²) in [6, 6.07) is 3.20. The lowest BCUT2D eigenvalue weighted by Gasteiger charge is -2.06. The van der Waals surface area contributed by atoms with Crippen molar-refractivity contribution >= 4 is 28.2 Å². The van der Waals surface area contributed by atoms with E-state index >= 15 is 0 Å². The van der Waals surface area contributed by atoms with Crippen molar-refractivity contribution in [3.8, 4) is 0 Å². The number of carbonyl (C=O) groups is 2. The van der Waals surface area contributed by atoms with E-state index in [0.29, 0.717) is 17.2 Å². The summed E-state index contributed by atoms with van der Waals surface area (Å²) in [5, 5.41) is 3.21. The largest absolute Gasteiger partial charge is 0.462 e. The summed E-state index contributed by atoms with van der Waals surface area (Å²) >= 11 is 1.35. The molecular weight excluding hydrogens is 290 g/mol. The molecule has 112 valence electrons. The lowest BCUT2D eigenvalue weighted by atomic mass is 10.1. The fraction of sp³-hybridized carbons (Fsp3) is 0.333. The molecular formula is C15H17NO4S. The van der Waals surface area contributed by atoms with Gasteiger partial charge in [0.1, 0.15) is 5.00 Å². The van der Waals surface area contributed by atoms with Crippen LogP contribution in [0.3, 0.4) is 0 Å². The number of ether oxygens (including phenoxy) is 1. The maximum absolute atomic E-state index is 12.1. The minimum Gasteiger partial charge on any atom is -0.462 e. The van der Waals surface area contributed by atoms with Crippen LogP contribution in [-0.2, 0) is 4.74 Å². The fourth-order valence-electron chi connectivity index (χ4n) is 1.80. The Balaban J connectivity index is 2.25. The van der Waals surface area contributed by atoms with Crippen LogP contribution >= 0.6 is 11.3 Å². The molecule has 1 N–H and O–H groups in total. The summed E-state index contributed by atoms with van der Waals surface area (Å²) in [4.78, 5) is 25.1. The summed E-state index contributed by atoms with van der Waals surface area (Å²) in [6.45, 7) is 6.04. The van der Waals surface area contributed by atoms with Crippen molar-refractivity contribution in [1.82, 2.24) is 0 Å². The van der Waals surface area contributed by atoms with Gasteiger partial charge in [0.25, 0.3) is 5.91 Å². The van der Waals surface area contributed by atoms with E-state index in [1.165, 1.54) is 17.6 Å². The normalized spacial score (nSPS) is 10.4. The van der Waals surface area contributed by atoms with Crippen LogP contribution in [0.15, 0.2) is 22.8 Å². The van der Waals surface area contributed by atoms with Crippen molar-refractivity contribution in [3.05, 3.63) is 40.2 Å². The van der Waals surface area contributed by atoms with Crippen LogP contribution in [-0.4, -0.2) is 18.5 Å². The molecule has 5 nitrogen and oxygen atoms in total. The molecule has 0 spiro atoms. The number of esters is 1. The third-order valence-corrected chi connectivity index (χ3v) is 4.12. The van der Waals surface area contributed by atoms with Crippen LogP contribution in [0.5, 0.6) is 0 Å². The lowest BCUT2D eigenvalue weighted by Crippen LogP contribution is -2.14. The van der Waals surface area contributed by atoms with Gasteiger partial charge in [0.05, 0.1) is 18.4 Å². The first-order valence-corrected chi connectivity index (χ1v) is 7.48. The average Bonchev–Trinajstić information content (AvgIpc) is 3.06. The second-order valence-electron chi connectivity index (χ2n) is 4.55. The fourth-order valence-corrected chi connectivity index (χ4v) is 2.84. The summed E-state index contributed by atoms with van der Waals surface area (Å²) in [6.07, 6.45) is 2.18. The Morgan fingerprint density at radius 2 is 2.14 bits per heavy atom. The molecule has 0 aliphatic carbocycles. The van der Waals surface area contributed by atoms with Gasteiger partial charge in [-0.25, -0.2) is 4.79 Å². The van der Waals surface area contributed by atoms with Gasteiger partial charge in [-0.1, -0.05) is 6.92 Å². The third-order valence-electron chi connectivity index (χ3n) is 3.00. The third kappa shape index (κ3) is 3.33. The highest BCUT2D eigenvalue weighted by atomic mass is 32.1. The second-order valence-corrected chi connectivity index (χ2v) is 5.78. The molecule has 2 rings (SSSR count). The number of thiophene rings is 1. The average molecular weight is 307 g/mol. The van der Waals surface area contributed by atoms with Gasteiger partial charge in [-0.15, -0.1) is 11.3 Å². The number of aryl methyl sites for hydroxylation is 1. The molecule has 6 heteroatoms. The number of nitrogens with one attached hydrogen (secondary N) is 1. The predicted octanol–water partition coefficient (Wildman–Crippen LogP) is 3.78. The molecule has 0 fully saturated rings. The van der Waals surface area contributed by atoms with Gasteiger partial charge in [-0.3, -0.25) is 4.79 Å². The number of furan rings is 1. The molecule has 1 amide bonds. The van der Waals surface area contributed by atoms with Gasteiger partial charge in [0.15, 0.2) is 5.76 Å². The Bertz CT molecular complexity index is 643. The first-order chi connectivity index (χ1) is 10.0. The molecule has 0 unspecified atom stereocenters.